The Balaban J connectivity index is 2.73. The van der Waals surface area contributed by atoms with Gasteiger partial charge in [0.15, 0.2) is 0 Å². The highest BCUT2D eigenvalue weighted by atomic mass is 14.7. The van der Waals surface area contributed by atoms with Gasteiger partial charge in [-0.25, -0.2) is 0 Å². The Morgan fingerprint density at radius 1 is 1.38 bits per heavy atom. The molecule has 0 bridgehead atoms. The fraction of sp³-hybridized carbons (Fsp3) is 0.417. The van der Waals surface area contributed by atoms with Gasteiger partial charge < -0.3 is 0 Å². The molecule has 1 unspecified atom stereocenters. The van der Waals surface area contributed by atoms with Crippen molar-refractivity contribution >= 4 is 0 Å². The molecule has 1 nitrogen and oxygen atoms in total. The van der Waals surface area contributed by atoms with Crippen molar-refractivity contribution in [2.45, 2.75) is 32.6 Å². The lowest BCUT2D eigenvalue weighted by Crippen LogP contribution is -1.95. The van der Waals surface area contributed by atoms with E-state index in [1.807, 2.05) is 18.3 Å². The molecule has 0 amide bonds. The van der Waals surface area contributed by atoms with Crippen molar-refractivity contribution in [3.8, 4) is 0 Å². The Hall–Kier alpha value is -1.11. The molecule has 0 N–H and O–H groups in total. The van der Waals surface area contributed by atoms with Crippen molar-refractivity contribution in [1.29, 1.82) is 0 Å². The summed E-state index contributed by atoms with van der Waals surface area (Å²) in [7, 11) is 0. The lowest BCUT2D eigenvalue weighted by molar-refractivity contribution is 0.772. The maximum atomic E-state index is 4.35. The highest BCUT2D eigenvalue weighted by Crippen LogP contribution is 2.18. The summed E-state index contributed by atoms with van der Waals surface area (Å²) in [5, 5.41) is 0. The summed E-state index contributed by atoms with van der Waals surface area (Å²) in [6.45, 7) is 4.35. The van der Waals surface area contributed by atoms with E-state index in [4.69, 9.17) is 0 Å². The van der Waals surface area contributed by atoms with Crippen LogP contribution < -0.4 is 0 Å². The first-order valence-electron chi connectivity index (χ1n) is 4.96. The van der Waals surface area contributed by atoms with Crippen LogP contribution in [-0.4, -0.2) is 4.98 Å². The molecular weight excluding hydrogens is 158 g/mol. The average Bonchev–Trinajstić information content (AvgIpc) is 2.21. The summed E-state index contributed by atoms with van der Waals surface area (Å²) in [6.07, 6.45) is 8.54. The van der Waals surface area contributed by atoms with E-state index in [1.54, 1.807) is 0 Å². The Bertz CT molecular complexity index is 251. The molecule has 0 aliphatic heterocycles. The van der Waals surface area contributed by atoms with E-state index in [1.165, 1.54) is 5.69 Å². The molecule has 0 saturated heterocycles. The second-order valence-corrected chi connectivity index (χ2v) is 3.11. The number of hydrogen-bond acceptors (Lipinski definition) is 1. The number of rotatable bonds is 4. The SMILES string of the molecule is CC/C=C/C(CC)c1ccccn1. The largest absolute Gasteiger partial charge is 0.261 e. The number of nitrogens with zero attached hydrogens (tertiary/aromatic N) is 1. The molecule has 0 spiro atoms. The topological polar surface area (TPSA) is 12.9 Å². The van der Waals surface area contributed by atoms with E-state index in [0.29, 0.717) is 5.92 Å². The summed E-state index contributed by atoms with van der Waals surface area (Å²) in [4.78, 5) is 4.35. The number of pyridine rings is 1. The van der Waals surface area contributed by atoms with Gasteiger partial charge in [-0.1, -0.05) is 32.1 Å². The predicted molar refractivity (Wildman–Crippen MR) is 56.7 cm³/mol. The third-order valence-electron chi connectivity index (χ3n) is 2.11. The molecule has 0 radical (unpaired) electrons. The van der Waals surface area contributed by atoms with E-state index in [2.05, 4.69) is 37.0 Å². The van der Waals surface area contributed by atoms with Crippen LogP contribution in [0.3, 0.4) is 0 Å². The Labute approximate surface area is 80.5 Å². The minimum atomic E-state index is 0.487. The van der Waals surface area contributed by atoms with Crippen molar-refractivity contribution in [2.75, 3.05) is 0 Å². The molecule has 0 aliphatic rings. The quantitative estimate of drug-likeness (QED) is 0.638. The highest BCUT2D eigenvalue weighted by Gasteiger charge is 2.04. The van der Waals surface area contributed by atoms with E-state index >= 15 is 0 Å². The van der Waals surface area contributed by atoms with Crippen molar-refractivity contribution in [1.82, 2.24) is 4.98 Å². The van der Waals surface area contributed by atoms with Crippen LogP contribution in [-0.2, 0) is 0 Å². The van der Waals surface area contributed by atoms with Crippen LogP contribution in [0.2, 0.25) is 0 Å². The van der Waals surface area contributed by atoms with Gasteiger partial charge in [-0.3, -0.25) is 4.98 Å². The monoisotopic (exact) mass is 175 g/mol. The summed E-state index contributed by atoms with van der Waals surface area (Å²) >= 11 is 0. The number of aromatic nitrogens is 1. The van der Waals surface area contributed by atoms with Gasteiger partial charge in [0.2, 0.25) is 0 Å². The molecule has 1 aromatic heterocycles. The normalized spacial score (nSPS) is 13.4. The first kappa shape index (κ1) is 9.97. The third kappa shape index (κ3) is 3.02. The fourth-order valence-electron chi connectivity index (χ4n) is 1.34. The lowest BCUT2D eigenvalue weighted by atomic mass is 10.0. The van der Waals surface area contributed by atoms with Crippen molar-refractivity contribution < 1.29 is 0 Å². The zero-order valence-corrected chi connectivity index (χ0v) is 8.40. The molecule has 1 rings (SSSR count). The predicted octanol–water partition coefficient (Wildman–Crippen LogP) is 3.54. The first-order chi connectivity index (χ1) is 6.38. The van der Waals surface area contributed by atoms with Crippen LogP contribution in [0.15, 0.2) is 36.5 Å². The summed E-state index contributed by atoms with van der Waals surface area (Å²) < 4.78 is 0. The average molecular weight is 175 g/mol. The van der Waals surface area contributed by atoms with E-state index < -0.39 is 0 Å². The van der Waals surface area contributed by atoms with Crippen LogP contribution in [0.1, 0.15) is 38.3 Å². The van der Waals surface area contributed by atoms with Crippen LogP contribution in [0.4, 0.5) is 0 Å². The molecular formula is C12H17N. The van der Waals surface area contributed by atoms with Crippen LogP contribution in [0.5, 0.6) is 0 Å². The molecule has 0 aliphatic carbocycles. The van der Waals surface area contributed by atoms with Crippen molar-refractivity contribution in [2.24, 2.45) is 0 Å². The Kier molecular flexibility index (Phi) is 4.24. The molecule has 70 valence electrons. The Morgan fingerprint density at radius 2 is 2.23 bits per heavy atom. The molecule has 0 fully saturated rings. The summed E-state index contributed by atoms with van der Waals surface area (Å²) in [5.74, 6) is 0.487. The zero-order valence-electron chi connectivity index (χ0n) is 8.40. The van der Waals surface area contributed by atoms with Gasteiger partial charge in [0, 0.05) is 17.8 Å². The van der Waals surface area contributed by atoms with Gasteiger partial charge in [0.05, 0.1) is 0 Å². The zero-order chi connectivity index (χ0) is 9.52. The van der Waals surface area contributed by atoms with Crippen LogP contribution in [0, 0.1) is 0 Å². The highest BCUT2D eigenvalue weighted by molar-refractivity contribution is 5.15. The van der Waals surface area contributed by atoms with E-state index in [9.17, 15) is 0 Å². The lowest BCUT2D eigenvalue weighted by Gasteiger charge is -2.08. The second-order valence-electron chi connectivity index (χ2n) is 3.11. The molecule has 13 heavy (non-hydrogen) atoms. The molecule has 1 aromatic rings. The van der Waals surface area contributed by atoms with Crippen molar-refractivity contribution in [3.63, 3.8) is 0 Å². The molecule has 0 aromatic carbocycles. The van der Waals surface area contributed by atoms with Gasteiger partial charge >= 0.3 is 0 Å². The number of allylic oxidation sites excluding steroid dienone is 2. The molecule has 1 atom stereocenters. The molecule has 1 heteroatoms. The van der Waals surface area contributed by atoms with Gasteiger partial charge in [0.1, 0.15) is 0 Å². The van der Waals surface area contributed by atoms with Gasteiger partial charge in [-0.05, 0) is 25.0 Å². The maximum absolute atomic E-state index is 4.35. The summed E-state index contributed by atoms with van der Waals surface area (Å²) in [5.41, 5.74) is 1.18. The number of hydrogen-bond donors (Lipinski definition) is 0. The smallest absolute Gasteiger partial charge is 0.0472 e. The van der Waals surface area contributed by atoms with Crippen LogP contribution >= 0.6 is 0 Å². The van der Waals surface area contributed by atoms with Gasteiger partial charge in [-0.2, -0.15) is 0 Å². The first-order valence-corrected chi connectivity index (χ1v) is 4.96. The maximum Gasteiger partial charge on any atom is 0.0472 e. The minimum absolute atomic E-state index is 0.487. The van der Waals surface area contributed by atoms with E-state index in [-0.39, 0.29) is 0 Å². The molecule has 1 heterocycles. The van der Waals surface area contributed by atoms with Gasteiger partial charge in [0.25, 0.3) is 0 Å². The minimum Gasteiger partial charge on any atom is -0.261 e. The van der Waals surface area contributed by atoms with Crippen molar-refractivity contribution in [3.05, 3.63) is 42.2 Å². The van der Waals surface area contributed by atoms with E-state index in [0.717, 1.165) is 12.8 Å². The summed E-state index contributed by atoms with van der Waals surface area (Å²) in [6, 6.07) is 6.10. The third-order valence-corrected chi connectivity index (χ3v) is 2.11. The standard InChI is InChI=1S/C12H17N/c1-3-5-8-11(4-2)12-9-6-7-10-13-12/h5-11H,3-4H2,1-2H3/b8-5+. The fourth-order valence-corrected chi connectivity index (χ4v) is 1.34. The van der Waals surface area contributed by atoms with Crippen LogP contribution in [0.25, 0.3) is 0 Å². The molecule has 0 saturated carbocycles. The van der Waals surface area contributed by atoms with Gasteiger partial charge in [-0.15, -0.1) is 0 Å². The second kappa shape index (κ2) is 5.52. The Morgan fingerprint density at radius 3 is 2.77 bits per heavy atom.